The van der Waals surface area contributed by atoms with Gasteiger partial charge in [0.05, 0.1) is 25.0 Å². The van der Waals surface area contributed by atoms with Gasteiger partial charge < -0.3 is 9.47 Å². The van der Waals surface area contributed by atoms with E-state index >= 15 is 0 Å². The lowest BCUT2D eigenvalue weighted by Crippen LogP contribution is -2.28. The van der Waals surface area contributed by atoms with Crippen molar-refractivity contribution >= 4 is 11.9 Å². The van der Waals surface area contributed by atoms with Crippen LogP contribution in [0.3, 0.4) is 0 Å². The van der Waals surface area contributed by atoms with Crippen molar-refractivity contribution < 1.29 is 19.1 Å². The van der Waals surface area contributed by atoms with Crippen LogP contribution < -0.4 is 0 Å². The first kappa shape index (κ1) is 12.0. The highest BCUT2D eigenvalue weighted by molar-refractivity contribution is 5.83. The van der Waals surface area contributed by atoms with Gasteiger partial charge in [0, 0.05) is 0 Å². The minimum atomic E-state index is -0.344. The minimum absolute atomic E-state index is 0.288. The molecule has 0 aliphatic heterocycles. The molecule has 0 aromatic heterocycles. The van der Waals surface area contributed by atoms with Gasteiger partial charge in [0.2, 0.25) is 0 Å². The van der Waals surface area contributed by atoms with Crippen molar-refractivity contribution in [2.24, 2.45) is 11.8 Å². The fourth-order valence-electron chi connectivity index (χ4n) is 1.80. The van der Waals surface area contributed by atoms with Gasteiger partial charge in [-0.25, -0.2) is 0 Å². The Bertz CT molecular complexity index is 213. The summed E-state index contributed by atoms with van der Waals surface area (Å²) in [4.78, 5) is 23.0. The summed E-state index contributed by atoms with van der Waals surface area (Å²) in [6, 6.07) is 0. The van der Waals surface area contributed by atoms with E-state index in [9.17, 15) is 9.59 Å². The maximum atomic E-state index is 11.5. The first-order valence-electron chi connectivity index (χ1n) is 5.35. The standard InChI is InChI=1S/C11H17O4/c1-3-14-10(12)8-6-5-7-9(8)11(13)15-4-2/h5,8-9H,3-4,6-7H2,1-2H3. The van der Waals surface area contributed by atoms with Gasteiger partial charge in [-0.1, -0.05) is 0 Å². The highest BCUT2D eigenvalue weighted by Gasteiger charge is 2.39. The summed E-state index contributed by atoms with van der Waals surface area (Å²) in [5.74, 6) is -1.26. The van der Waals surface area contributed by atoms with Crippen molar-refractivity contribution in [1.82, 2.24) is 0 Å². The molecule has 1 rings (SSSR count). The van der Waals surface area contributed by atoms with Crippen molar-refractivity contribution in [3.05, 3.63) is 6.42 Å². The second kappa shape index (κ2) is 5.73. The molecule has 1 saturated carbocycles. The zero-order valence-electron chi connectivity index (χ0n) is 9.19. The number of carbonyl (C=O) groups is 2. The first-order chi connectivity index (χ1) is 7.20. The summed E-state index contributed by atoms with van der Waals surface area (Å²) in [7, 11) is 0. The Hall–Kier alpha value is -1.06. The van der Waals surface area contributed by atoms with Crippen LogP contribution in [0, 0.1) is 18.3 Å². The topological polar surface area (TPSA) is 52.6 Å². The van der Waals surface area contributed by atoms with Crippen LogP contribution in [0.1, 0.15) is 26.7 Å². The molecule has 2 atom stereocenters. The molecule has 1 aliphatic carbocycles. The van der Waals surface area contributed by atoms with E-state index in [1.165, 1.54) is 0 Å². The quantitative estimate of drug-likeness (QED) is 0.661. The molecule has 0 spiro atoms. The van der Waals surface area contributed by atoms with E-state index in [0.29, 0.717) is 26.1 Å². The molecule has 1 radical (unpaired) electrons. The molecule has 0 aromatic carbocycles. The average molecular weight is 213 g/mol. The Labute approximate surface area is 89.9 Å². The number of hydrogen-bond donors (Lipinski definition) is 0. The van der Waals surface area contributed by atoms with Crippen molar-refractivity contribution in [3.8, 4) is 0 Å². The van der Waals surface area contributed by atoms with Crippen molar-refractivity contribution in [1.29, 1.82) is 0 Å². The number of rotatable bonds is 4. The van der Waals surface area contributed by atoms with E-state index in [1.54, 1.807) is 13.8 Å². The largest absolute Gasteiger partial charge is 0.466 e. The molecule has 4 heteroatoms. The molecular formula is C11H17O4. The lowest BCUT2D eigenvalue weighted by molar-refractivity contribution is -0.158. The zero-order valence-corrected chi connectivity index (χ0v) is 9.19. The van der Waals surface area contributed by atoms with E-state index < -0.39 is 0 Å². The second-order valence-electron chi connectivity index (χ2n) is 3.48. The van der Waals surface area contributed by atoms with Gasteiger partial charge in [-0.2, -0.15) is 0 Å². The summed E-state index contributed by atoms with van der Waals surface area (Å²) >= 11 is 0. The third-order valence-corrected chi connectivity index (χ3v) is 2.51. The van der Waals surface area contributed by atoms with Crippen molar-refractivity contribution in [2.45, 2.75) is 26.7 Å². The lowest BCUT2D eigenvalue weighted by atomic mass is 9.96. The fraction of sp³-hybridized carbons (Fsp3) is 0.727. The van der Waals surface area contributed by atoms with Crippen LogP contribution in [-0.2, 0) is 19.1 Å². The van der Waals surface area contributed by atoms with Gasteiger partial charge in [0.25, 0.3) is 0 Å². The summed E-state index contributed by atoms with van der Waals surface area (Å²) in [6.07, 6.45) is 3.17. The van der Waals surface area contributed by atoms with Gasteiger partial charge in [-0.3, -0.25) is 9.59 Å². The van der Waals surface area contributed by atoms with Gasteiger partial charge in [-0.15, -0.1) is 0 Å². The maximum absolute atomic E-state index is 11.5. The molecule has 0 aromatic rings. The van der Waals surface area contributed by atoms with Crippen LogP contribution in [0.15, 0.2) is 0 Å². The molecule has 0 amide bonds. The number of carbonyl (C=O) groups excluding carboxylic acids is 2. The predicted molar refractivity (Wildman–Crippen MR) is 53.8 cm³/mol. The third-order valence-electron chi connectivity index (χ3n) is 2.51. The van der Waals surface area contributed by atoms with E-state index in [4.69, 9.17) is 9.47 Å². The van der Waals surface area contributed by atoms with Crippen molar-refractivity contribution in [2.75, 3.05) is 13.2 Å². The lowest BCUT2D eigenvalue weighted by Gasteiger charge is -2.16. The Kier molecular flexibility index (Phi) is 4.59. The van der Waals surface area contributed by atoms with Crippen LogP contribution in [0.4, 0.5) is 0 Å². The maximum Gasteiger partial charge on any atom is 0.309 e. The Balaban J connectivity index is 2.56. The Morgan fingerprint density at radius 2 is 1.47 bits per heavy atom. The van der Waals surface area contributed by atoms with Crippen LogP contribution in [0.2, 0.25) is 0 Å². The van der Waals surface area contributed by atoms with Gasteiger partial charge >= 0.3 is 11.9 Å². The molecule has 15 heavy (non-hydrogen) atoms. The van der Waals surface area contributed by atoms with E-state index in [1.807, 2.05) is 6.42 Å². The van der Waals surface area contributed by atoms with Crippen LogP contribution in [0.5, 0.6) is 0 Å². The monoisotopic (exact) mass is 213 g/mol. The molecule has 0 bridgehead atoms. The Morgan fingerprint density at radius 3 is 1.80 bits per heavy atom. The van der Waals surface area contributed by atoms with Gasteiger partial charge in [0.15, 0.2) is 0 Å². The molecule has 0 N–H and O–H groups in total. The molecule has 2 unspecified atom stereocenters. The highest BCUT2D eigenvalue weighted by Crippen LogP contribution is 2.32. The molecule has 85 valence electrons. The molecule has 0 saturated heterocycles. The smallest absolute Gasteiger partial charge is 0.309 e. The Morgan fingerprint density at radius 1 is 1.07 bits per heavy atom. The second-order valence-corrected chi connectivity index (χ2v) is 3.48. The average Bonchev–Trinajstić information content (AvgIpc) is 2.66. The number of ether oxygens (including phenoxy) is 2. The van der Waals surface area contributed by atoms with Gasteiger partial charge in [-0.05, 0) is 33.1 Å². The number of esters is 2. The minimum Gasteiger partial charge on any atom is -0.466 e. The first-order valence-corrected chi connectivity index (χ1v) is 5.35. The van der Waals surface area contributed by atoms with E-state index in [-0.39, 0.29) is 23.8 Å². The normalized spacial score (nSPS) is 24.9. The molecule has 1 fully saturated rings. The zero-order chi connectivity index (χ0) is 11.3. The van der Waals surface area contributed by atoms with Crippen LogP contribution >= 0.6 is 0 Å². The van der Waals surface area contributed by atoms with Crippen molar-refractivity contribution in [3.63, 3.8) is 0 Å². The molecule has 4 nitrogen and oxygen atoms in total. The number of hydrogen-bond acceptors (Lipinski definition) is 4. The van der Waals surface area contributed by atoms with E-state index in [2.05, 4.69) is 0 Å². The summed E-state index contributed by atoms with van der Waals surface area (Å²) in [5.41, 5.74) is 0. The molecule has 1 aliphatic rings. The molecular weight excluding hydrogens is 196 g/mol. The fourth-order valence-corrected chi connectivity index (χ4v) is 1.80. The summed E-state index contributed by atoms with van der Waals surface area (Å²) in [6.45, 7) is 4.22. The van der Waals surface area contributed by atoms with Crippen LogP contribution in [0.25, 0.3) is 0 Å². The van der Waals surface area contributed by atoms with Gasteiger partial charge in [0.1, 0.15) is 0 Å². The highest BCUT2D eigenvalue weighted by atomic mass is 16.5. The summed E-state index contributed by atoms with van der Waals surface area (Å²) < 4.78 is 9.84. The SMILES string of the molecule is CCOC(=O)C1C[CH]CC1C(=O)OCC. The molecule has 0 heterocycles. The predicted octanol–water partition coefficient (Wildman–Crippen LogP) is 1.34. The third kappa shape index (κ3) is 2.94. The van der Waals surface area contributed by atoms with Crippen LogP contribution in [-0.4, -0.2) is 25.2 Å². The summed E-state index contributed by atoms with van der Waals surface area (Å²) in [5, 5.41) is 0. The van der Waals surface area contributed by atoms with E-state index in [0.717, 1.165) is 0 Å².